The molecule has 0 saturated heterocycles. The van der Waals surface area contributed by atoms with E-state index in [9.17, 15) is 9.18 Å². The number of aromatic nitrogens is 4. The van der Waals surface area contributed by atoms with Crippen LogP contribution in [0.15, 0.2) is 71.8 Å². The van der Waals surface area contributed by atoms with Gasteiger partial charge in [0, 0.05) is 12.3 Å². The molecule has 0 saturated carbocycles. The largest absolute Gasteiger partial charge is 0.454 e. The topological polar surface area (TPSA) is 71.2 Å². The van der Waals surface area contributed by atoms with E-state index in [-0.39, 0.29) is 17.9 Å². The van der Waals surface area contributed by atoms with Crippen LogP contribution in [-0.4, -0.2) is 26.4 Å². The first-order chi connectivity index (χ1) is 13.7. The van der Waals surface area contributed by atoms with Gasteiger partial charge in [-0.1, -0.05) is 12.1 Å². The van der Waals surface area contributed by atoms with Crippen LogP contribution in [0.4, 0.5) is 4.39 Å². The van der Waals surface area contributed by atoms with Crippen molar-refractivity contribution in [1.82, 2.24) is 19.6 Å². The van der Waals surface area contributed by atoms with E-state index in [1.807, 2.05) is 12.1 Å². The van der Waals surface area contributed by atoms with Crippen LogP contribution in [0, 0.1) is 5.82 Å². The van der Waals surface area contributed by atoms with Crippen molar-refractivity contribution in [3.8, 4) is 34.3 Å². The first kappa shape index (κ1) is 16.2. The maximum absolute atomic E-state index is 13.6. The van der Waals surface area contributed by atoms with Crippen molar-refractivity contribution in [1.29, 1.82) is 0 Å². The fourth-order valence-corrected chi connectivity index (χ4v) is 3.11. The Morgan fingerprint density at radius 2 is 1.93 bits per heavy atom. The summed E-state index contributed by atoms with van der Waals surface area (Å²) < 4.78 is 27.6. The molecule has 0 fully saturated rings. The number of benzene rings is 2. The molecule has 0 atom stereocenters. The Balaban J connectivity index is 1.66. The highest BCUT2D eigenvalue weighted by molar-refractivity contribution is 5.59. The molecule has 0 N–H and O–H groups in total. The maximum Gasteiger partial charge on any atom is 0.231 e. The van der Waals surface area contributed by atoms with Gasteiger partial charge in [0.2, 0.25) is 12.2 Å². The molecule has 3 heterocycles. The second kappa shape index (κ2) is 6.34. The van der Waals surface area contributed by atoms with Gasteiger partial charge in [-0.2, -0.15) is 10.2 Å². The van der Waals surface area contributed by atoms with Crippen molar-refractivity contribution in [3.63, 3.8) is 0 Å². The summed E-state index contributed by atoms with van der Waals surface area (Å²) in [6.45, 7) is 0.131. The molecular formula is C20H13FN4O3. The van der Waals surface area contributed by atoms with Crippen molar-refractivity contribution >= 4 is 0 Å². The van der Waals surface area contributed by atoms with Crippen LogP contribution in [-0.2, 0) is 0 Å². The van der Waals surface area contributed by atoms with E-state index in [1.165, 1.54) is 29.1 Å². The second-order valence-corrected chi connectivity index (χ2v) is 6.09. The lowest BCUT2D eigenvalue weighted by Crippen LogP contribution is -2.15. The molecule has 138 valence electrons. The van der Waals surface area contributed by atoms with Gasteiger partial charge in [0.15, 0.2) is 17.2 Å². The van der Waals surface area contributed by atoms with Crippen molar-refractivity contribution in [2.75, 3.05) is 6.79 Å². The third-order valence-electron chi connectivity index (χ3n) is 4.37. The fraction of sp³-hybridized carbons (Fsp3) is 0.0500. The van der Waals surface area contributed by atoms with Crippen LogP contribution in [0.1, 0.15) is 0 Å². The van der Waals surface area contributed by atoms with Crippen LogP contribution in [0.25, 0.3) is 22.8 Å². The quantitative estimate of drug-likeness (QED) is 0.550. The second-order valence-electron chi connectivity index (χ2n) is 6.09. The summed E-state index contributed by atoms with van der Waals surface area (Å²) in [6.07, 6.45) is 3.10. The van der Waals surface area contributed by atoms with Crippen molar-refractivity contribution in [2.24, 2.45) is 0 Å². The van der Waals surface area contributed by atoms with Crippen LogP contribution in [0.5, 0.6) is 11.5 Å². The van der Waals surface area contributed by atoms with Crippen LogP contribution in [0.3, 0.4) is 0 Å². The molecule has 2 aromatic carbocycles. The Bertz CT molecular complexity index is 1250. The first-order valence-electron chi connectivity index (χ1n) is 8.50. The van der Waals surface area contributed by atoms with E-state index < -0.39 is 5.82 Å². The Hall–Kier alpha value is -3.94. The van der Waals surface area contributed by atoms with Crippen LogP contribution >= 0.6 is 0 Å². The monoisotopic (exact) mass is 376 g/mol. The Kier molecular flexibility index (Phi) is 3.68. The van der Waals surface area contributed by atoms with E-state index >= 15 is 0 Å². The number of para-hydroxylation sites is 1. The average molecular weight is 376 g/mol. The van der Waals surface area contributed by atoms with Gasteiger partial charge in [0.25, 0.3) is 0 Å². The number of rotatable bonds is 3. The summed E-state index contributed by atoms with van der Waals surface area (Å²) in [5, 5.41) is 8.71. The minimum absolute atomic E-state index is 0.131. The third kappa shape index (κ3) is 2.62. The highest BCUT2D eigenvalue weighted by Gasteiger charge is 2.20. The van der Waals surface area contributed by atoms with Gasteiger partial charge in [-0.3, -0.25) is 4.79 Å². The highest BCUT2D eigenvalue weighted by Crippen LogP contribution is 2.37. The predicted octanol–water partition coefficient (Wildman–Crippen LogP) is 2.95. The SMILES string of the molecule is O=c1ccn(-c2cccc3c2OCO3)nc1-c1ccnn1-c1cccc(F)c1. The molecule has 2 aromatic heterocycles. The molecule has 28 heavy (non-hydrogen) atoms. The van der Waals surface area contributed by atoms with Crippen LogP contribution in [0.2, 0.25) is 0 Å². The molecule has 4 aromatic rings. The molecule has 1 aliphatic rings. The van der Waals surface area contributed by atoms with Gasteiger partial charge in [0.1, 0.15) is 11.5 Å². The van der Waals surface area contributed by atoms with Crippen molar-refractivity contribution in [2.45, 2.75) is 0 Å². The smallest absolute Gasteiger partial charge is 0.231 e. The first-order valence-corrected chi connectivity index (χ1v) is 8.50. The summed E-state index contributed by atoms with van der Waals surface area (Å²) in [4.78, 5) is 12.5. The van der Waals surface area contributed by atoms with E-state index in [0.717, 1.165) is 0 Å². The molecular weight excluding hydrogens is 363 g/mol. The highest BCUT2D eigenvalue weighted by atomic mass is 19.1. The van der Waals surface area contributed by atoms with Crippen molar-refractivity contribution in [3.05, 3.63) is 83.0 Å². The summed E-state index contributed by atoms with van der Waals surface area (Å²) in [6, 6.07) is 14.5. The van der Waals surface area contributed by atoms with E-state index in [0.29, 0.717) is 28.6 Å². The molecule has 0 radical (unpaired) electrons. The van der Waals surface area contributed by atoms with Gasteiger partial charge >= 0.3 is 0 Å². The number of ether oxygens (including phenoxy) is 2. The lowest BCUT2D eigenvalue weighted by atomic mass is 10.2. The molecule has 1 aliphatic heterocycles. The van der Waals surface area contributed by atoms with Gasteiger partial charge in [-0.05, 0) is 36.4 Å². The molecule has 0 bridgehead atoms. The molecule has 0 spiro atoms. The molecule has 8 heteroatoms. The Labute approximate surface area is 158 Å². The molecule has 5 rings (SSSR count). The maximum atomic E-state index is 13.6. The van der Waals surface area contributed by atoms with E-state index in [4.69, 9.17) is 9.47 Å². The molecule has 0 unspecified atom stereocenters. The molecule has 7 nitrogen and oxygen atoms in total. The number of nitrogens with zero attached hydrogens (tertiary/aromatic N) is 4. The lowest BCUT2D eigenvalue weighted by molar-refractivity contribution is 0.173. The number of halogens is 1. The van der Waals surface area contributed by atoms with E-state index in [2.05, 4.69) is 10.2 Å². The molecule has 0 amide bonds. The van der Waals surface area contributed by atoms with Gasteiger partial charge in [-0.15, -0.1) is 0 Å². The minimum atomic E-state index is -0.394. The summed E-state index contributed by atoms with van der Waals surface area (Å²) in [7, 11) is 0. The zero-order chi connectivity index (χ0) is 19.1. The summed E-state index contributed by atoms with van der Waals surface area (Å²) >= 11 is 0. The molecule has 0 aliphatic carbocycles. The summed E-state index contributed by atoms with van der Waals surface area (Å²) in [5.41, 5.74) is 1.50. The Morgan fingerprint density at radius 1 is 1.04 bits per heavy atom. The van der Waals surface area contributed by atoms with Crippen LogP contribution < -0.4 is 14.9 Å². The van der Waals surface area contributed by atoms with Gasteiger partial charge in [-0.25, -0.2) is 13.8 Å². The predicted molar refractivity (Wildman–Crippen MR) is 98.5 cm³/mol. The van der Waals surface area contributed by atoms with Gasteiger partial charge in [0.05, 0.1) is 17.6 Å². The number of hydrogen-bond donors (Lipinski definition) is 0. The number of fused-ring (bicyclic) bond motifs is 1. The Morgan fingerprint density at radius 3 is 2.82 bits per heavy atom. The average Bonchev–Trinajstić information content (AvgIpc) is 3.37. The van der Waals surface area contributed by atoms with E-state index in [1.54, 1.807) is 35.1 Å². The standard InChI is InChI=1S/C20H13FN4O3/c21-13-3-1-4-14(11-13)25-15(7-9-22-25)19-17(26)8-10-24(23-19)16-5-2-6-18-20(16)28-12-27-18/h1-11H,12H2. The normalized spacial score (nSPS) is 12.3. The minimum Gasteiger partial charge on any atom is -0.454 e. The fourth-order valence-electron chi connectivity index (χ4n) is 3.11. The summed E-state index contributed by atoms with van der Waals surface area (Å²) in [5.74, 6) is 0.780. The number of hydrogen-bond acceptors (Lipinski definition) is 5. The van der Waals surface area contributed by atoms with Gasteiger partial charge < -0.3 is 9.47 Å². The zero-order valence-electron chi connectivity index (χ0n) is 14.4. The van der Waals surface area contributed by atoms with Crippen molar-refractivity contribution < 1.29 is 13.9 Å². The zero-order valence-corrected chi connectivity index (χ0v) is 14.4. The third-order valence-corrected chi connectivity index (χ3v) is 4.37. The lowest BCUT2D eigenvalue weighted by Gasteiger charge is -2.11.